The first-order valence-corrected chi connectivity index (χ1v) is 6.92. The third-order valence-electron chi connectivity index (χ3n) is 4.39. The van der Waals surface area contributed by atoms with E-state index < -0.39 is 0 Å². The summed E-state index contributed by atoms with van der Waals surface area (Å²) in [7, 11) is 0. The van der Waals surface area contributed by atoms with Crippen molar-refractivity contribution in [3.8, 4) is 0 Å². The third kappa shape index (κ3) is 2.03. The molecular formula is C16H21N. The van der Waals surface area contributed by atoms with Gasteiger partial charge in [-0.25, -0.2) is 0 Å². The quantitative estimate of drug-likeness (QED) is 0.690. The molecule has 0 bridgehead atoms. The van der Waals surface area contributed by atoms with Crippen LogP contribution < -0.4 is 0 Å². The van der Waals surface area contributed by atoms with Gasteiger partial charge in [-0.15, -0.1) is 0 Å². The van der Waals surface area contributed by atoms with E-state index in [1.54, 1.807) is 0 Å². The van der Waals surface area contributed by atoms with E-state index in [1.165, 1.54) is 54.6 Å². The molecule has 3 rings (SSSR count). The molecule has 0 aromatic heterocycles. The third-order valence-corrected chi connectivity index (χ3v) is 4.39. The Hall–Kier alpha value is -1.11. The number of aryl methyl sites for hydroxylation is 1. The predicted octanol–water partition coefficient (Wildman–Crippen LogP) is 4.76. The van der Waals surface area contributed by atoms with E-state index >= 15 is 0 Å². The van der Waals surface area contributed by atoms with E-state index in [0.29, 0.717) is 5.92 Å². The maximum Gasteiger partial charge on any atom is 0.0668 e. The molecule has 17 heavy (non-hydrogen) atoms. The highest BCUT2D eigenvalue weighted by atomic mass is 14.8. The van der Waals surface area contributed by atoms with Crippen LogP contribution in [0.15, 0.2) is 23.2 Å². The van der Waals surface area contributed by atoms with Crippen LogP contribution in [0.5, 0.6) is 0 Å². The Morgan fingerprint density at radius 2 is 2.00 bits per heavy atom. The molecule has 1 aromatic carbocycles. The van der Waals surface area contributed by atoms with E-state index in [2.05, 4.69) is 32.0 Å². The first-order chi connectivity index (χ1) is 8.24. The second-order valence-corrected chi connectivity index (χ2v) is 5.74. The average molecular weight is 227 g/mol. The van der Waals surface area contributed by atoms with E-state index in [-0.39, 0.29) is 0 Å². The van der Waals surface area contributed by atoms with Crippen molar-refractivity contribution in [2.24, 2.45) is 10.9 Å². The first kappa shape index (κ1) is 11.0. The topological polar surface area (TPSA) is 12.4 Å². The summed E-state index contributed by atoms with van der Waals surface area (Å²) in [5.41, 5.74) is 5.44. The lowest BCUT2D eigenvalue weighted by Crippen LogP contribution is -2.09. The molecule has 1 saturated carbocycles. The van der Waals surface area contributed by atoms with Gasteiger partial charge in [0.05, 0.1) is 5.69 Å². The number of fused-ring (bicyclic) bond motifs is 1. The molecule has 0 radical (unpaired) electrons. The maximum atomic E-state index is 4.85. The van der Waals surface area contributed by atoms with Crippen molar-refractivity contribution < 1.29 is 0 Å². The first-order valence-electron chi connectivity index (χ1n) is 6.92. The molecule has 0 amide bonds. The fraction of sp³-hybridized carbons (Fsp3) is 0.562. The van der Waals surface area contributed by atoms with Crippen LogP contribution in [0, 0.1) is 12.8 Å². The molecule has 90 valence electrons. The number of rotatable bonds is 2. The Labute approximate surface area is 104 Å². The summed E-state index contributed by atoms with van der Waals surface area (Å²) < 4.78 is 0. The van der Waals surface area contributed by atoms with Crippen LogP contribution in [0.2, 0.25) is 0 Å². The summed E-state index contributed by atoms with van der Waals surface area (Å²) in [5, 5.41) is 0. The normalized spacial score (nSPS) is 23.9. The molecule has 1 fully saturated rings. The van der Waals surface area contributed by atoms with Gasteiger partial charge in [-0.3, -0.25) is 4.99 Å². The van der Waals surface area contributed by atoms with Crippen LogP contribution in [0.25, 0.3) is 0 Å². The summed E-state index contributed by atoms with van der Waals surface area (Å²) >= 11 is 0. The zero-order valence-electron chi connectivity index (χ0n) is 10.9. The van der Waals surface area contributed by atoms with Crippen molar-refractivity contribution in [3.05, 3.63) is 29.3 Å². The lowest BCUT2D eigenvalue weighted by Gasteiger charge is -2.13. The molecule has 0 N–H and O–H groups in total. The molecule has 2 aliphatic rings. The second kappa shape index (κ2) is 4.29. The summed E-state index contributed by atoms with van der Waals surface area (Å²) in [5.74, 6) is 1.46. The molecule has 1 heterocycles. The van der Waals surface area contributed by atoms with Gasteiger partial charge in [-0.2, -0.15) is 0 Å². The molecule has 1 nitrogen and oxygen atoms in total. The van der Waals surface area contributed by atoms with Gasteiger partial charge in [-0.05, 0) is 30.9 Å². The molecule has 1 heteroatoms. The average Bonchev–Trinajstić information content (AvgIpc) is 2.91. The van der Waals surface area contributed by atoms with Crippen LogP contribution in [0.3, 0.4) is 0 Å². The zero-order chi connectivity index (χ0) is 11.8. The van der Waals surface area contributed by atoms with Crippen LogP contribution in [0.4, 0.5) is 5.69 Å². The highest BCUT2D eigenvalue weighted by molar-refractivity contribution is 5.98. The standard InChI is InChI=1S/C16H21N/c1-11-7-8-15-14(9-11)12(2)16(17-15)10-13-5-3-4-6-13/h7-9,12-13H,3-6,10H2,1-2H3. The minimum absolute atomic E-state index is 0.547. The van der Waals surface area contributed by atoms with Crippen LogP contribution >= 0.6 is 0 Å². The summed E-state index contributed by atoms with van der Waals surface area (Å²) in [6.45, 7) is 4.49. The second-order valence-electron chi connectivity index (χ2n) is 5.74. The lowest BCUT2D eigenvalue weighted by atomic mass is 9.90. The molecule has 1 atom stereocenters. The van der Waals surface area contributed by atoms with Gasteiger partial charge in [0.25, 0.3) is 0 Å². The monoisotopic (exact) mass is 227 g/mol. The van der Waals surface area contributed by atoms with E-state index in [9.17, 15) is 0 Å². The molecule has 1 aromatic rings. The number of aliphatic imine (C=N–C) groups is 1. The number of hydrogen-bond acceptors (Lipinski definition) is 1. The van der Waals surface area contributed by atoms with Crippen molar-refractivity contribution in [2.75, 3.05) is 0 Å². The fourth-order valence-electron chi connectivity index (χ4n) is 3.29. The molecule has 0 spiro atoms. The van der Waals surface area contributed by atoms with Crippen molar-refractivity contribution in [1.82, 2.24) is 0 Å². The SMILES string of the molecule is Cc1ccc2c(c1)C(C)C(CC1CCCC1)=N2. The van der Waals surface area contributed by atoms with Crippen LogP contribution in [-0.2, 0) is 0 Å². The Morgan fingerprint density at radius 1 is 1.24 bits per heavy atom. The summed E-state index contributed by atoms with van der Waals surface area (Å²) in [4.78, 5) is 4.85. The van der Waals surface area contributed by atoms with Gasteiger partial charge in [0.2, 0.25) is 0 Å². The van der Waals surface area contributed by atoms with Gasteiger partial charge in [0, 0.05) is 11.6 Å². The number of hydrogen-bond donors (Lipinski definition) is 0. The lowest BCUT2D eigenvalue weighted by molar-refractivity contribution is 0.568. The highest BCUT2D eigenvalue weighted by Crippen LogP contribution is 2.39. The van der Waals surface area contributed by atoms with E-state index in [1.807, 2.05) is 0 Å². The van der Waals surface area contributed by atoms with Gasteiger partial charge >= 0.3 is 0 Å². The fourth-order valence-corrected chi connectivity index (χ4v) is 3.29. The number of nitrogens with zero attached hydrogens (tertiary/aromatic N) is 1. The van der Waals surface area contributed by atoms with E-state index in [4.69, 9.17) is 4.99 Å². The minimum Gasteiger partial charge on any atom is -0.257 e. The minimum atomic E-state index is 0.547. The van der Waals surface area contributed by atoms with Crippen LogP contribution in [-0.4, -0.2) is 5.71 Å². The Bertz CT molecular complexity index is 453. The molecule has 1 unspecified atom stereocenters. The molecule has 0 saturated heterocycles. The van der Waals surface area contributed by atoms with Crippen molar-refractivity contribution in [1.29, 1.82) is 0 Å². The molecule has 1 aliphatic carbocycles. The molecular weight excluding hydrogens is 206 g/mol. The summed E-state index contributed by atoms with van der Waals surface area (Å²) in [6.07, 6.45) is 6.92. The van der Waals surface area contributed by atoms with Gasteiger partial charge in [0.15, 0.2) is 0 Å². The van der Waals surface area contributed by atoms with Gasteiger partial charge in [-0.1, -0.05) is 50.3 Å². The van der Waals surface area contributed by atoms with Crippen LogP contribution in [0.1, 0.15) is 56.1 Å². The van der Waals surface area contributed by atoms with Crippen molar-refractivity contribution in [3.63, 3.8) is 0 Å². The summed E-state index contributed by atoms with van der Waals surface area (Å²) in [6, 6.07) is 6.67. The largest absolute Gasteiger partial charge is 0.257 e. The highest BCUT2D eigenvalue weighted by Gasteiger charge is 2.26. The Morgan fingerprint density at radius 3 is 2.76 bits per heavy atom. The zero-order valence-corrected chi connectivity index (χ0v) is 10.9. The van der Waals surface area contributed by atoms with E-state index in [0.717, 1.165) is 5.92 Å². The van der Waals surface area contributed by atoms with Gasteiger partial charge in [0.1, 0.15) is 0 Å². The number of benzene rings is 1. The maximum absolute atomic E-state index is 4.85. The Balaban J connectivity index is 1.80. The predicted molar refractivity (Wildman–Crippen MR) is 73.3 cm³/mol. The van der Waals surface area contributed by atoms with Gasteiger partial charge < -0.3 is 0 Å². The Kier molecular flexibility index (Phi) is 2.78. The van der Waals surface area contributed by atoms with Crippen molar-refractivity contribution in [2.45, 2.75) is 51.9 Å². The molecule has 1 aliphatic heterocycles. The smallest absolute Gasteiger partial charge is 0.0668 e. The van der Waals surface area contributed by atoms with Crippen molar-refractivity contribution >= 4 is 11.4 Å².